The van der Waals surface area contributed by atoms with Crippen LogP contribution in [0.5, 0.6) is 0 Å². The Kier molecular flexibility index (Phi) is 4.83. The van der Waals surface area contributed by atoms with Gasteiger partial charge in [-0.05, 0) is 44.7 Å². The fraction of sp³-hybridized carbons (Fsp3) is 1.00. The molecule has 1 saturated heterocycles. The number of nitrogens with one attached hydrogen (secondary N) is 1. The zero-order valence-corrected chi connectivity index (χ0v) is 11.4. The van der Waals surface area contributed by atoms with Crippen molar-refractivity contribution in [2.75, 3.05) is 26.7 Å². The van der Waals surface area contributed by atoms with E-state index in [0.717, 1.165) is 6.54 Å². The third-order valence-electron chi connectivity index (χ3n) is 4.64. The van der Waals surface area contributed by atoms with E-state index in [1.54, 1.807) is 0 Å². The summed E-state index contributed by atoms with van der Waals surface area (Å²) in [6.07, 6.45) is 6.18. The largest absolute Gasteiger partial charge is 0.392 e. The van der Waals surface area contributed by atoms with Crippen LogP contribution in [0.25, 0.3) is 0 Å². The Morgan fingerprint density at radius 3 is 2.65 bits per heavy atom. The van der Waals surface area contributed by atoms with Crippen molar-refractivity contribution in [2.24, 2.45) is 11.8 Å². The van der Waals surface area contributed by atoms with Gasteiger partial charge in [0, 0.05) is 19.1 Å². The molecule has 0 aromatic heterocycles. The Balaban J connectivity index is 1.70. The van der Waals surface area contributed by atoms with Gasteiger partial charge in [-0.1, -0.05) is 19.8 Å². The number of hydrogen-bond donors (Lipinski definition) is 2. The first-order chi connectivity index (χ1) is 8.16. The van der Waals surface area contributed by atoms with Gasteiger partial charge in [0.1, 0.15) is 0 Å². The minimum Gasteiger partial charge on any atom is -0.392 e. The minimum atomic E-state index is -0.121. The topological polar surface area (TPSA) is 35.5 Å². The second kappa shape index (κ2) is 6.17. The number of likely N-dealkylation sites (tertiary alicyclic amines) is 1. The van der Waals surface area contributed by atoms with Crippen molar-refractivity contribution in [1.82, 2.24) is 10.2 Å². The molecule has 1 heterocycles. The molecule has 2 aliphatic rings. The van der Waals surface area contributed by atoms with Crippen molar-refractivity contribution < 1.29 is 5.11 Å². The predicted molar refractivity (Wildman–Crippen MR) is 71.0 cm³/mol. The number of aliphatic hydroxyl groups excluding tert-OH is 1. The van der Waals surface area contributed by atoms with Gasteiger partial charge in [0.25, 0.3) is 0 Å². The lowest BCUT2D eigenvalue weighted by Gasteiger charge is -2.36. The SMILES string of the molecule is CC1CN(C)CCC1NCC(O)C1CCCC1. The van der Waals surface area contributed by atoms with Gasteiger partial charge in [-0.25, -0.2) is 0 Å². The van der Waals surface area contributed by atoms with Crippen LogP contribution in [0.4, 0.5) is 0 Å². The first-order valence-corrected chi connectivity index (χ1v) is 7.27. The number of aliphatic hydroxyl groups is 1. The van der Waals surface area contributed by atoms with E-state index in [2.05, 4.69) is 24.2 Å². The summed E-state index contributed by atoms with van der Waals surface area (Å²) in [6.45, 7) is 5.47. The summed E-state index contributed by atoms with van der Waals surface area (Å²) >= 11 is 0. The molecule has 0 spiro atoms. The van der Waals surface area contributed by atoms with E-state index in [-0.39, 0.29) is 6.10 Å². The minimum absolute atomic E-state index is 0.121. The summed E-state index contributed by atoms with van der Waals surface area (Å²) < 4.78 is 0. The standard InChI is InChI=1S/C14H28N2O/c1-11-10-16(2)8-7-13(11)15-9-14(17)12-5-3-4-6-12/h11-15,17H,3-10H2,1-2H3. The second-order valence-corrected chi connectivity index (χ2v) is 6.15. The van der Waals surface area contributed by atoms with Gasteiger partial charge in [0.05, 0.1) is 6.10 Å². The van der Waals surface area contributed by atoms with Gasteiger partial charge in [0.15, 0.2) is 0 Å². The zero-order valence-electron chi connectivity index (χ0n) is 11.4. The Morgan fingerprint density at radius 1 is 1.29 bits per heavy atom. The molecule has 17 heavy (non-hydrogen) atoms. The van der Waals surface area contributed by atoms with Gasteiger partial charge in [0.2, 0.25) is 0 Å². The smallest absolute Gasteiger partial charge is 0.0692 e. The molecular weight excluding hydrogens is 212 g/mol. The molecule has 0 aromatic carbocycles. The highest BCUT2D eigenvalue weighted by Crippen LogP contribution is 2.27. The molecule has 2 rings (SSSR count). The van der Waals surface area contributed by atoms with Gasteiger partial charge in [-0.15, -0.1) is 0 Å². The molecule has 2 fully saturated rings. The average Bonchev–Trinajstić information content (AvgIpc) is 2.81. The molecule has 0 amide bonds. The molecule has 3 atom stereocenters. The Hall–Kier alpha value is -0.120. The number of piperidine rings is 1. The highest BCUT2D eigenvalue weighted by Gasteiger charge is 2.27. The maximum atomic E-state index is 10.1. The van der Waals surface area contributed by atoms with Gasteiger partial charge >= 0.3 is 0 Å². The van der Waals surface area contributed by atoms with Crippen LogP contribution < -0.4 is 5.32 Å². The van der Waals surface area contributed by atoms with Crippen LogP contribution in [0.15, 0.2) is 0 Å². The first kappa shape index (κ1) is 13.3. The third kappa shape index (κ3) is 3.67. The van der Waals surface area contributed by atoms with Crippen LogP contribution in [-0.2, 0) is 0 Å². The Labute approximate surface area is 106 Å². The van der Waals surface area contributed by atoms with Crippen LogP contribution >= 0.6 is 0 Å². The van der Waals surface area contributed by atoms with Crippen molar-refractivity contribution in [2.45, 2.75) is 51.2 Å². The third-order valence-corrected chi connectivity index (χ3v) is 4.64. The highest BCUT2D eigenvalue weighted by molar-refractivity contribution is 4.84. The second-order valence-electron chi connectivity index (χ2n) is 6.15. The summed E-state index contributed by atoms with van der Waals surface area (Å²) in [6, 6.07) is 0.599. The van der Waals surface area contributed by atoms with Crippen LogP contribution in [-0.4, -0.2) is 48.8 Å². The predicted octanol–water partition coefficient (Wildman–Crippen LogP) is 1.47. The molecule has 1 aliphatic heterocycles. The Morgan fingerprint density at radius 2 is 2.00 bits per heavy atom. The van der Waals surface area contributed by atoms with E-state index in [1.165, 1.54) is 45.2 Å². The van der Waals surface area contributed by atoms with E-state index >= 15 is 0 Å². The highest BCUT2D eigenvalue weighted by atomic mass is 16.3. The Bertz CT molecular complexity index is 228. The average molecular weight is 240 g/mol. The molecule has 0 radical (unpaired) electrons. The molecular formula is C14H28N2O. The van der Waals surface area contributed by atoms with E-state index in [1.807, 2.05) is 0 Å². The fourth-order valence-corrected chi connectivity index (χ4v) is 3.44. The molecule has 100 valence electrons. The lowest BCUT2D eigenvalue weighted by atomic mass is 9.93. The van der Waals surface area contributed by atoms with Crippen molar-refractivity contribution in [3.8, 4) is 0 Å². The van der Waals surface area contributed by atoms with Crippen molar-refractivity contribution >= 4 is 0 Å². The molecule has 1 aliphatic carbocycles. The lowest BCUT2D eigenvalue weighted by molar-refractivity contribution is 0.0939. The van der Waals surface area contributed by atoms with E-state index < -0.39 is 0 Å². The van der Waals surface area contributed by atoms with E-state index in [4.69, 9.17) is 0 Å². The number of rotatable bonds is 4. The van der Waals surface area contributed by atoms with Crippen LogP contribution in [0.1, 0.15) is 39.0 Å². The summed E-state index contributed by atoms with van der Waals surface area (Å²) in [4.78, 5) is 2.40. The molecule has 1 saturated carbocycles. The van der Waals surface area contributed by atoms with Gasteiger partial charge in [-0.2, -0.15) is 0 Å². The molecule has 3 unspecified atom stereocenters. The lowest BCUT2D eigenvalue weighted by Crippen LogP contribution is -2.49. The van der Waals surface area contributed by atoms with Crippen molar-refractivity contribution in [3.63, 3.8) is 0 Å². The van der Waals surface area contributed by atoms with Gasteiger partial charge in [-0.3, -0.25) is 0 Å². The summed E-state index contributed by atoms with van der Waals surface area (Å²) in [5.74, 6) is 1.26. The van der Waals surface area contributed by atoms with Crippen LogP contribution in [0, 0.1) is 11.8 Å². The normalized spacial score (nSPS) is 34.1. The van der Waals surface area contributed by atoms with E-state index in [0.29, 0.717) is 17.9 Å². The van der Waals surface area contributed by atoms with Crippen molar-refractivity contribution in [3.05, 3.63) is 0 Å². The van der Waals surface area contributed by atoms with Crippen LogP contribution in [0.2, 0.25) is 0 Å². The first-order valence-electron chi connectivity index (χ1n) is 7.27. The quantitative estimate of drug-likeness (QED) is 0.781. The van der Waals surface area contributed by atoms with Gasteiger partial charge < -0.3 is 15.3 Å². The maximum Gasteiger partial charge on any atom is 0.0692 e. The maximum absolute atomic E-state index is 10.1. The summed E-state index contributed by atoms with van der Waals surface area (Å²) in [7, 11) is 2.19. The number of nitrogens with zero attached hydrogens (tertiary/aromatic N) is 1. The zero-order chi connectivity index (χ0) is 12.3. The van der Waals surface area contributed by atoms with E-state index in [9.17, 15) is 5.11 Å². The molecule has 2 N–H and O–H groups in total. The molecule has 3 nitrogen and oxygen atoms in total. The van der Waals surface area contributed by atoms with Crippen LogP contribution in [0.3, 0.4) is 0 Å². The summed E-state index contributed by atoms with van der Waals surface area (Å²) in [5.41, 5.74) is 0. The molecule has 0 bridgehead atoms. The summed E-state index contributed by atoms with van der Waals surface area (Å²) in [5, 5.41) is 13.7. The fourth-order valence-electron chi connectivity index (χ4n) is 3.44. The van der Waals surface area contributed by atoms with Crippen molar-refractivity contribution in [1.29, 1.82) is 0 Å². The molecule has 3 heteroatoms. The monoisotopic (exact) mass is 240 g/mol. The molecule has 0 aromatic rings. The number of hydrogen-bond acceptors (Lipinski definition) is 3.